The monoisotopic (exact) mass is 243 g/mol. The van der Waals surface area contributed by atoms with Crippen molar-refractivity contribution in [3.05, 3.63) is 34.0 Å². The van der Waals surface area contributed by atoms with Crippen LogP contribution in [0, 0.1) is 10.1 Å². The Morgan fingerprint density at radius 2 is 1.94 bits per heavy atom. The highest BCUT2D eigenvalue weighted by molar-refractivity contribution is 5.69. The first kappa shape index (κ1) is 12.7. The van der Waals surface area contributed by atoms with Gasteiger partial charge in [0.25, 0.3) is 5.76 Å². The van der Waals surface area contributed by atoms with Crippen molar-refractivity contribution >= 4 is 11.9 Å². The number of rotatable bonds is 3. The van der Waals surface area contributed by atoms with E-state index in [0.717, 1.165) is 26.2 Å². The predicted molar refractivity (Wildman–Crippen MR) is 51.6 cm³/mol. The quantitative estimate of drug-likeness (QED) is 0.403. The van der Waals surface area contributed by atoms with Gasteiger partial charge in [-0.2, -0.15) is 0 Å². The van der Waals surface area contributed by atoms with E-state index in [1.807, 2.05) is 0 Å². The third-order valence-electron chi connectivity index (χ3n) is 1.59. The number of ether oxygens (including phenoxy) is 3. The van der Waals surface area contributed by atoms with Crippen LogP contribution in [-0.4, -0.2) is 23.1 Å². The second kappa shape index (κ2) is 5.10. The molecular weight excluding hydrogens is 234 g/mol. The maximum atomic E-state index is 10.8. The van der Waals surface area contributed by atoms with Gasteiger partial charge in [0.05, 0.1) is 11.2 Å². The van der Waals surface area contributed by atoms with E-state index in [4.69, 9.17) is 0 Å². The summed E-state index contributed by atoms with van der Waals surface area (Å²) in [5.41, 5.74) is 0. The average molecular weight is 243 g/mol. The summed E-state index contributed by atoms with van der Waals surface area (Å²) in [6, 6.07) is 0. The van der Waals surface area contributed by atoms with Gasteiger partial charge in [-0.25, -0.2) is 0 Å². The Morgan fingerprint density at radius 1 is 1.35 bits per heavy atom. The van der Waals surface area contributed by atoms with Gasteiger partial charge in [0.2, 0.25) is 0 Å². The molecule has 0 fully saturated rings. The number of hydrogen-bond donors (Lipinski definition) is 0. The van der Waals surface area contributed by atoms with Crippen LogP contribution in [0.1, 0.15) is 13.8 Å². The Hall–Kier alpha value is -2.38. The fourth-order valence-electron chi connectivity index (χ4n) is 1.08. The zero-order valence-corrected chi connectivity index (χ0v) is 9.04. The van der Waals surface area contributed by atoms with Crippen molar-refractivity contribution in [3.63, 3.8) is 0 Å². The van der Waals surface area contributed by atoms with Crippen LogP contribution in [0.25, 0.3) is 0 Å². The van der Waals surface area contributed by atoms with Crippen LogP contribution < -0.4 is 0 Å². The van der Waals surface area contributed by atoms with E-state index in [9.17, 15) is 19.7 Å². The van der Waals surface area contributed by atoms with Crippen molar-refractivity contribution in [2.24, 2.45) is 0 Å². The molecule has 0 aromatic heterocycles. The molecule has 0 saturated heterocycles. The number of carbonyl (C=O) groups excluding carboxylic acids is 2. The number of nitro groups is 1. The van der Waals surface area contributed by atoms with Crippen molar-refractivity contribution in [2.75, 3.05) is 0 Å². The van der Waals surface area contributed by atoms with E-state index in [1.165, 1.54) is 0 Å². The Labute approximate surface area is 95.6 Å². The number of nitrogens with zero attached hydrogens (tertiary/aromatic N) is 1. The predicted octanol–water partition coefficient (Wildman–Crippen LogP) is 0.471. The second-order valence-corrected chi connectivity index (χ2v) is 2.99. The van der Waals surface area contributed by atoms with Crippen LogP contribution >= 0.6 is 0 Å². The Morgan fingerprint density at radius 3 is 2.41 bits per heavy atom. The SMILES string of the molecule is CC(=O)OC1=C(OC(C)=O)C([N+](=O)[O-])OC=C1. The molecule has 1 rings (SSSR count). The number of esters is 2. The highest BCUT2D eigenvalue weighted by Gasteiger charge is 2.36. The smallest absolute Gasteiger partial charge is 0.416 e. The molecule has 17 heavy (non-hydrogen) atoms. The van der Waals surface area contributed by atoms with Crippen LogP contribution in [0.15, 0.2) is 23.9 Å². The summed E-state index contributed by atoms with van der Waals surface area (Å²) in [6.07, 6.45) is 0.427. The lowest BCUT2D eigenvalue weighted by Crippen LogP contribution is -2.30. The summed E-state index contributed by atoms with van der Waals surface area (Å²) in [5.74, 6) is -2.16. The van der Waals surface area contributed by atoms with E-state index in [0.29, 0.717) is 0 Å². The second-order valence-electron chi connectivity index (χ2n) is 2.99. The molecule has 0 N–H and O–H groups in total. The van der Waals surface area contributed by atoms with Gasteiger partial charge in [-0.1, -0.05) is 0 Å². The summed E-state index contributed by atoms with van der Waals surface area (Å²) < 4.78 is 14.0. The van der Waals surface area contributed by atoms with Crippen LogP contribution in [0.5, 0.6) is 0 Å². The molecule has 0 bridgehead atoms. The van der Waals surface area contributed by atoms with Crippen molar-refractivity contribution in [1.29, 1.82) is 0 Å². The maximum Gasteiger partial charge on any atom is 0.416 e. The maximum absolute atomic E-state index is 10.8. The molecule has 0 aromatic carbocycles. The number of carbonyl (C=O) groups is 2. The molecule has 0 spiro atoms. The van der Waals surface area contributed by atoms with Gasteiger partial charge < -0.3 is 14.2 Å². The fraction of sp³-hybridized carbons (Fsp3) is 0.333. The number of hydrogen-bond acceptors (Lipinski definition) is 7. The minimum Gasteiger partial charge on any atom is -0.432 e. The fourth-order valence-corrected chi connectivity index (χ4v) is 1.08. The van der Waals surface area contributed by atoms with Crippen LogP contribution in [0.3, 0.4) is 0 Å². The van der Waals surface area contributed by atoms with Gasteiger partial charge in [-0.05, 0) is 0 Å². The summed E-state index contributed by atoms with van der Waals surface area (Å²) in [4.78, 5) is 31.4. The van der Waals surface area contributed by atoms with Gasteiger partial charge in [-0.15, -0.1) is 0 Å². The molecule has 0 amide bonds. The van der Waals surface area contributed by atoms with Crippen molar-refractivity contribution in [2.45, 2.75) is 20.1 Å². The highest BCUT2D eigenvalue weighted by Crippen LogP contribution is 2.22. The van der Waals surface area contributed by atoms with Gasteiger partial charge in [0.1, 0.15) is 0 Å². The van der Waals surface area contributed by atoms with Crippen molar-refractivity contribution in [3.8, 4) is 0 Å². The summed E-state index contributed by atoms with van der Waals surface area (Å²) in [7, 11) is 0. The molecule has 1 heterocycles. The zero-order valence-electron chi connectivity index (χ0n) is 9.04. The summed E-state index contributed by atoms with van der Waals surface area (Å²) in [6.45, 7) is 2.18. The van der Waals surface area contributed by atoms with Crippen LogP contribution in [-0.2, 0) is 23.8 Å². The minimum atomic E-state index is -1.71. The minimum absolute atomic E-state index is 0.222. The standard InChI is InChI=1S/C9H9NO7/c1-5(11)16-7-3-4-15-9(10(13)14)8(7)17-6(2)12/h3-4,9H,1-2H3. The zero-order chi connectivity index (χ0) is 13.0. The van der Waals surface area contributed by atoms with E-state index in [2.05, 4.69) is 14.2 Å². The lowest BCUT2D eigenvalue weighted by Gasteiger charge is -2.17. The third-order valence-corrected chi connectivity index (χ3v) is 1.59. The first-order chi connectivity index (χ1) is 7.91. The molecular formula is C9H9NO7. The molecule has 1 unspecified atom stereocenters. The highest BCUT2D eigenvalue weighted by atomic mass is 16.7. The molecule has 0 aromatic rings. The van der Waals surface area contributed by atoms with Gasteiger partial charge in [0.15, 0.2) is 5.76 Å². The molecule has 92 valence electrons. The molecule has 1 aliphatic heterocycles. The lowest BCUT2D eigenvalue weighted by molar-refractivity contribution is -0.563. The topological polar surface area (TPSA) is 105 Å². The van der Waals surface area contributed by atoms with Gasteiger partial charge in [0, 0.05) is 19.9 Å². The van der Waals surface area contributed by atoms with Crippen LogP contribution in [0.4, 0.5) is 0 Å². The normalized spacial score (nSPS) is 18.4. The Bertz CT molecular complexity index is 423. The van der Waals surface area contributed by atoms with Crippen molar-refractivity contribution < 1.29 is 28.7 Å². The molecule has 0 radical (unpaired) electrons. The molecule has 1 aliphatic rings. The Kier molecular flexibility index (Phi) is 3.81. The van der Waals surface area contributed by atoms with E-state index < -0.39 is 28.8 Å². The molecule has 0 saturated carbocycles. The van der Waals surface area contributed by atoms with E-state index >= 15 is 0 Å². The average Bonchev–Trinajstić information content (AvgIpc) is 2.18. The summed E-state index contributed by atoms with van der Waals surface area (Å²) >= 11 is 0. The van der Waals surface area contributed by atoms with Crippen molar-refractivity contribution in [1.82, 2.24) is 0 Å². The van der Waals surface area contributed by atoms with Gasteiger partial charge in [-0.3, -0.25) is 19.7 Å². The first-order valence-corrected chi connectivity index (χ1v) is 4.48. The number of allylic oxidation sites excluding steroid dienone is 1. The Balaban J connectivity index is 3.10. The van der Waals surface area contributed by atoms with Crippen LogP contribution in [0.2, 0.25) is 0 Å². The van der Waals surface area contributed by atoms with E-state index in [1.54, 1.807) is 0 Å². The summed E-state index contributed by atoms with van der Waals surface area (Å²) in [5, 5.41) is 10.7. The first-order valence-electron chi connectivity index (χ1n) is 4.48. The van der Waals surface area contributed by atoms with Gasteiger partial charge >= 0.3 is 18.2 Å². The molecule has 0 aliphatic carbocycles. The third kappa shape index (κ3) is 3.30. The molecule has 8 heteroatoms. The molecule has 8 nitrogen and oxygen atoms in total. The largest absolute Gasteiger partial charge is 0.432 e. The van der Waals surface area contributed by atoms with E-state index in [-0.39, 0.29) is 5.76 Å². The lowest BCUT2D eigenvalue weighted by atomic mass is 10.3. The molecule has 1 atom stereocenters.